The van der Waals surface area contributed by atoms with Crippen molar-refractivity contribution in [1.29, 1.82) is 0 Å². The van der Waals surface area contributed by atoms with Crippen molar-refractivity contribution in [2.24, 2.45) is 0 Å². The number of hydrogen-bond donors (Lipinski definition) is 0. The number of benzene rings is 2. The van der Waals surface area contributed by atoms with E-state index in [2.05, 4.69) is 11.3 Å². The van der Waals surface area contributed by atoms with Crippen LogP contribution in [0.2, 0.25) is 0 Å². The highest BCUT2D eigenvalue weighted by molar-refractivity contribution is 5.96. The van der Waals surface area contributed by atoms with E-state index < -0.39 is 6.36 Å². The van der Waals surface area contributed by atoms with Crippen LogP contribution < -0.4 is 4.74 Å². The van der Waals surface area contributed by atoms with Gasteiger partial charge in [0.05, 0.1) is 0 Å². The first-order valence-electron chi connectivity index (χ1n) is 7.44. The third kappa shape index (κ3) is 5.26. The molecule has 0 radical (unpaired) electrons. The second kappa shape index (κ2) is 7.81. The molecule has 0 bridgehead atoms. The third-order valence-electron chi connectivity index (χ3n) is 3.56. The molecular weight excluding hydrogens is 317 g/mol. The van der Waals surface area contributed by atoms with Gasteiger partial charge in [0.25, 0.3) is 0 Å². The molecule has 2 nitrogen and oxygen atoms in total. The number of halogens is 3. The molecule has 2 aromatic rings. The molecular formula is C19H17F3O2. The van der Waals surface area contributed by atoms with Crippen molar-refractivity contribution in [3.8, 4) is 5.75 Å². The number of carbonyl (C=O) groups excluding carboxylic acids is 1. The minimum atomic E-state index is -4.72. The van der Waals surface area contributed by atoms with Crippen LogP contribution in [0.1, 0.15) is 34.7 Å². The number of Topliss-reactive ketones (excluding diaryl/α,β-unsaturated/α-hetero) is 1. The van der Waals surface area contributed by atoms with Crippen LogP contribution in [-0.2, 0) is 0 Å². The van der Waals surface area contributed by atoms with E-state index >= 15 is 0 Å². The number of carbonyl (C=O) groups is 1. The van der Waals surface area contributed by atoms with Gasteiger partial charge in [-0.25, -0.2) is 0 Å². The Balaban J connectivity index is 2.12. The highest BCUT2D eigenvalue weighted by Crippen LogP contribution is 2.29. The minimum absolute atomic E-state index is 0.0157. The maximum atomic E-state index is 12.4. The Morgan fingerprint density at radius 2 is 1.71 bits per heavy atom. The molecule has 0 saturated heterocycles. The van der Waals surface area contributed by atoms with E-state index in [9.17, 15) is 18.0 Å². The van der Waals surface area contributed by atoms with E-state index in [1.165, 1.54) is 12.1 Å². The van der Waals surface area contributed by atoms with Gasteiger partial charge in [-0.15, -0.1) is 19.8 Å². The summed E-state index contributed by atoms with van der Waals surface area (Å²) in [6.07, 6.45) is -2.21. The summed E-state index contributed by atoms with van der Waals surface area (Å²) < 4.78 is 40.5. The van der Waals surface area contributed by atoms with Crippen LogP contribution in [0.15, 0.2) is 67.3 Å². The Morgan fingerprint density at radius 1 is 1.08 bits per heavy atom. The lowest BCUT2D eigenvalue weighted by Crippen LogP contribution is -2.17. The maximum Gasteiger partial charge on any atom is 0.573 e. The molecule has 0 aliphatic rings. The summed E-state index contributed by atoms with van der Waals surface area (Å²) in [4.78, 5) is 12.4. The summed E-state index contributed by atoms with van der Waals surface area (Å²) in [7, 11) is 0. The van der Waals surface area contributed by atoms with Crippen LogP contribution in [0.4, 0.5) is 13.2 Å². The Morgan fingerprint density at radius 3 is 2.25 bits per heavy atom. The van der Waals surface area contributed by atoms with Crippen LogP contribution in [0.3, 0.4) is 0 Å². The predicted octanol–water partition coefficient (Wildman–Crippen LogP) is 5.52. The number of ether oxygens (including phenoxy) is 1. The Bertz CT molecular complexity index is 676. The smallest absolute Gasteiger partial charge is 0.406 e. The van der Waals surface area contributed by atoms with Gasteiger partial charge >= 0.3 is 6.36 Å². The van der Waals surface area contributed by atoms with Crippen LogP contribution in [0.25, 0.3) is 0 Å². The van der Waals surface area contributed by atoms with Crippen molar-refractivity contribution in [2.75, 3.05) is 0 Å². The van der Waals surface area contributed by atoms with Crippen molar-refractivity contribution >= 4 is 5.78 Å². The third-order valence-corrected chi connectivity index (χ3v) is 3.56. The van der Waals surface area contributed by atoms with E-state index in [0.29, 0.717) is 12.0 Å². The van der Waals surface area contributed by atoms with Crippen LogP contribution in [0.5, 0.6) is 5.75 Å². The number of hydrogen-bond acceptors (Lipinski definition) is 2. The topological polar surface area (TPSA) is 26.3 Å². The van der Waals surface area contributed by atoms with Gasteiger partial charge in [-0.2, -0.15) is 0 Å². The summed E-state index contributed by atoms with van der Waals surface area (Å²) in [5.41, 5.74) is 1.39. The van der Waals surface area contributed by atoms with Gasteiger partial charge < -0.3 is 4.74 Å². The second-order valence-corrected chi connectivity index (χ2v) is 5.33. The summed E-state index contributed by atoms with van der Waals surface area (Å²) in [6.45, 7) is 3.69. The highest BCUT2D eigenvalue weighted by atomic mass is 19.4. The molecule has 24 heavy (non-hydrogen) atoms. The monoisotopic (exact) mass is 334 g/mol. The molecule has 0 amide bonds. The van der Waals surface area contributed by atoms with Gasteiger partial charge in [0.2, 0.25) is 0 Å². The first-order chi connectivity index (χ1) is 11.4. The molecule has 5 heteroatoms. The molecule has 0 aliphatic heterocycles. The zero-order chi connectivity index (χ0) is 17.6. The Labute approximate surface area is 138 Å². The molecule has 0 fully saturated rings. The number of rotatable bonds is 7. The molecule has 2 aromatic carbocycles. The first-order valence-corrected chi connectivity index (χ1v) is 7.44. The molecule has 126 valence electrons. The van der Waals surface area contributed by atoms with Gasteiger partial charge in [0.15, 0.2) is 5.78 Å². The van der Waals surface area contributed by atoms with Crippen molar-refractivity contribution in [3.63, 3.8) is 0 Å². The van der Waals surface area contributed by atoms with Gasteiger partial charge in [-0.1, -0.05) is 48.5 Å². The number of alkyl halides is 3. The van der Waals surface area contributed by atoms with E-state index in [-0.39, 0.29) is 23.9 Å². The summed E-state index contributed by atoms with van der Waals surface area (Å²) in [6, 6.07) is 14.5. The van der Waals surface area contributed by atoms with Crippen LogP contribution >= 0.6 is 0 Å². The number of allylic oxidation sites excluding steroid dienone is 1. The second-order valence-electron chi connectivity index (χ2n) is 5.33. The van der Waals surface area contributed by atoms with E-state index in [1.54, 1.807) is 42.5 Å². The van der Waals surface area contributed by atoms with Gasteiger partial charge in [-0.3, -0.25) is 4.79 Å². The van der Waals surface area contributed by atoms with E-state index in [1.807, 2.05) is 6.07 Å². The fraction of sp³-hybridized carbons (Fsp3) is 0.211. The van der Waals surface area contributed by atoms with Gasteiger partial charge in [-0.05, 0) is 30.0 Å². The summed E-state index contributed by atoms with van der Waals surface area (Å²) in [5.74, 6) is -0.439. The maximum absolute atomic E-state index is 12.4. The minimum Gasteiger partial charge on any atom is -0.406 e. The van der Waals surface area contributed by atoms with Crippen molar-refractivity contribution in [1.82, 2.24) is 0 Å². The molecule has 0 spiro atoms. The average molecular weight is 334 g/mol. The quantitative estimate of drug-likeness (QED) is 0.492. The summed E-state index contributed by atoms with van der Waals surface area (Å²) >= 11 is 0. The average Bonchev–Trinajstić information content (AvgIpc) is 2.54. The van der Waals surface area contributed by atoms with Gasteiger partial charge in [0.1, 0.15) is 5.75 Å². The zero-order valence-electron chi connectivity index (χ0n) is 12.9. The van der Waals surface area contributed by atoms with Crippen LogP contribution in [0, 0.1) is 0 Å². The molecule has 2 rings (SSSR count). The van der Waals surface area contributed by atoms with Crippen LogP contribution in [-0.4, -0.2) is 12.1 Å². The predicted molar refractivity (Wildman–Crippen MR) is 86.1 cm³/mol. The Kier molecular flexibility index (Phi) is 5.79. The molecule has 1 unspecified atom stereocenters. The Hall–Kier alpha value is -2.56. The lowest BCUT2D eigenvalue weighted by atomic mass is 9.89. The van der Waals surface area contributed by atoms with E-state index in [0.717, 1.165) is 5.56 Å². The fourth-order valence-corrected chi connectivity index (χ4v) is 2.45. The van der Waals surface area contributed by atoms with Crippen molar-refractivity contribution < 1.29 is 22.7 Å². The molecule has 1 atom stereocenters. The standard InChI is InChI=1S/C19H17F3O2/c1-2-6-16(13-18(23)15-7-4-3-5-8-15)14-9-11-17(12-10-14)24-19(20,21)22/h2-5,7-12,16H,1,6,13H2. The molecule has 0 aliphatic carbocycles. The molecule has 0 N–H and O–H groups in total. The fourth-order valence-electron chi connectivity index (χ4n) is 2.45. The summed E-state index contributed by atoms with van der Waals surface area (Å²) in [5, 5.41) is 0. The molecule has 0 heterocycles. The zero-order valence-corrected chi connectivity index (χ0v) is 12.9. The van der Waals surface area contributed by atoms with Gasteiger partial charge in [0, 0.05) is 12.0 Å². The largest absolute Gasteiger partial charge is 0.573 e. The lowest BCUT2D eigenvalue weighted by Gasteiger charge is -2.16. The lowest BCUT2D eigenvalue weighted by molar-refractivity contribution is -0.274. The van der Waals surface area contributed by atoms with Crippen molar-refractivity contribution in [2.45, 2.75) is 25.1 Å². The van der Waals surface area contributed by atoms with Crippen molar-refractivity contribution in [3.05, 3.63) is 78.4 Å². The van der Waals surface area contributed by atoms with E-state index in [4.69, 9.17) is 0 Å². The first kappa shape index (κ1) is 17.8. The normalized spacial score (nSPS) is 12.5. The molecule has 0 saturated carbocycles. The highest BCUT2D eigenvalue weighted by Gasteiger charge is 2.31. The SMILES string of the molecule is C=CCC(CC(=O)c1ccccc1)c1ccc(OC(F)(F)F)cc1. The number of ketones is 1. The molecule has 0 aromatic heterocycles.